The van der Waals surface area contributed by atoms with Crippen molar-refractivity contribution in [2.45, 2.75) is 78.1 Å². The van der Waals surface area contributed by atoms with Crippen LogP contribution in [-0.2, 0) is 0 Å². The van der Waals surface area contributed by atoms with E-state index in [0.29, 0.717) is 0 Å². The Kier molecular flexibility index (Phi) is 8.78. The van der Waals surface area contributed by atoms with E-state index in [4.69, 9.17) is 0 Å². The van der Waals surface area contributed by atoms with Gasteiger partial charge in [0.1, 0.15) is 0 Å². The number of rotatable bonds is 6. The van der Waals surface area contributed by atoms with Crippen molar-refractivity contribution >= 4 is 0 Å². The molecule has 0 bridgehead atoms. The van der Waals surface area contributed by atoms with E-state index < -0.39 is 0 Å². The zero-order valence-electron chi connectivity index (χ0n) is 12.1. The summed E-state index contributed by atoms with van der Waals surface area (Å²) >= 11 is 0. The summed E-state index contributed by atoms with van der Waals surface area (Å²) in [5.41, 5.74) is 0. The maximum absolute atomic E-state index is 3.57. The molecule has 102 valence electrons. The SMILES string of the molecule is CC(C)CCCCCC1CCCCCNCC1. The van der Waals surface area contributed by atoms with Gasteiger partial charge in [-0.15, -0.1) is 0 Å². The molecule has 1 rings (SSSR count). The molecule has 1 fully saturated rings. The molecule has 0 aromatic heterocycles. The Morgan fingerprint density at radius 1 is 0.941 bits per heavy atom. The van der Waals surface area contributed by atoms with Crippen LogP contribution in [0.5, 0.6) is 0 Å². The molecule has 1 N–H and O–H groups in total. The highest BCUT2D eigenvalue weighted by atomic mass is 14.8. The molecule has 1 heteroatoms. The van der Waals surface area contributed by atoms with Crippen molar-refractivity contribution in [3.8, 4) is 0 Å². The van der Waals surface area contributed by atoms with Crippen LogP contribution in [0, 0.1) is 11.8 Å². The van der Waals surface area contributed by atoms with E-state index in [1.54, 1.807) is 0 Å². The highest BCUT2D eigenvalue weighted by molar-refractivity contribution is 4.65. The van der Waals surface area contributed by atoms with Crippen molar-refractivity contribution in [3.05, 3.63) is 0 Å². The zero-order chi connectivity index (χ0) is 12.3. The van der Waals surface area contributed by atoms with Crippen LogP contribution in [0.4, 0.5) is 0 Å². The molecule has 0 amide bonds. The second kappa shape index (κ2) is 9.94. The van der Waals surface area contributed by atoms with Gasteiger partial charge in [-0.25, -0.2) is 0 Å². The van der Waals surface area contributed by atoms with Gasteiger partial charge in [0.05, 0.1) is 0 Å². The Morgan fingerprint density at radius 2 is 1.82 bits per heavy atom. The van der Waals surface area contributed by atoms with Crippen molar-refractivity contribution in [1.82, 2.24) is 5.32 Å². The second-order valence-corrected chi connectivity index (χ2v) is 6.29. The minimum Gasteiger partial charge on any atom is -0.317 e. The van der Waals surface area contributed by atoms with Crippen molar-refractivity contribution in [2.75, 3.05) is 13.1 Å². The molecular formula is C16H33N. The number of hydrogen-bond donors (Lipinski definition) is 1. The summed E-state index contributed by atoms with van der Waals surface area (Å²) in [4.78, 5) is 0. The van der Waals surface area contributed by atoms with Crippen LogP contribution in [0.25, 0.3) is 0 Å². The van der Waals surface area contributed by atoms with Crippen LogP contribution in [0.15, 0.2) is 0 Å². The predicted octanol–water partition coefficient (Wildman–Crippen LogP) is 4.76. The Balaban J connectivity index is 2.02. The quantitative estimate of drug-likeness (QED) is 0.659. The monoisotopic (exact) mass is 239 g/mol. The lowest BCUT2D eigenvalue weighted by atomic mass is 9.92. The molecular weight excluding hydrogens is 206 g/mol. The first-order valence-corrected chi connectivity index (χ1v) is 7.99. The second-order valence-electron chi connectivity index (χ2n) is 6.29. The van der Waals surface area contributed by atoms with Gasteiger partial charge < -0.3 is 5.32 Å². The summed E-state index contributed by atoms with van der Waals surface area (Å²) in [6, 6.07) is 0. The fraction of sp³-hybridized carbons (Fsp3) is 1.00. The standard InChI is InChI=1S/C16H33N/c1-15(2)9-5-3-6-10-16-11-7-4-8-13-17-14-12-16/h15-17H,3-14H2,1-2H3. The van der Waals surface area contributed by atoms with Crippen LogP contribution in [0.3, 0.4) is 0 Å². The highest BCUT2D eigenvalue weighted by Gasteiger charge is 2.09. The fourth-order valence-electron chi connectivity index (χ4n) is 2.89. The molecule has 0 spiro atoms. The summed E-state index contributed by atoms with van der Waals surface area (Å²) < 4.78 is 0. The molecule has 1 unspecified atom stereocenters. The molecule has 0 saturated carbocycles. The topological polar surface area (TPSA) is 12.0 Å². The Labute approximate surface area is 109 Å². The van der Waals surface area contributed by atoms with Crippen LogP contribution < -0.4 is 5.32 Å². The van der Waals surface area contributed by atoms with E-state index in [0.717, 1.165) is 11.8 Å². The largest absolute Gasteiger partial charge is 0.317 e. The first kappa shape index (κ1) is 15.0. The maximum atomic E-state index is 3.57. The number of unbranched alkanes of at least 4 members (excludes halogenated alkanes) is 2. The van der Waals surface area contributed by atoms with Gasteiger partial charge in [-0.1, -0.05) is 65.2 Å². The van der Waals surface area contributed by atoms with Gasteiger partial charge in [-0.05, 0) is 37.8 Å². The molecule has 1 aliphatic heterocycles. The molecule has 1 saturated heterocycles. The molecule has 1 heterocycles. The maximum Gasteiger partial charge on any atom is -0.00463 e. The smallest absolute Gasteiger partial charge is 0.00463 e. The summed E-state index contributed by atoms with van der Waals surface area (Å²) in [7, 11) is 0. The number of hydrogen-bond acceptors (Lipinski definition) is 1. The first-order chi connectivity index (χ1) is 8.29. The third kappa shape index (κ3) is 8.65. The van der Waals surface area contributed by atoms with Crippen molar-refractivity contribution in [3.63, 3.8) is 0 Å². The van der Waals surface area contributed by atoms with E-state index in [1.165, 1.54) is 77.3 Å². The summed E-state index contributed by atoms with van der Waals surface area (Å²) in [6.07, 6.45) is 14.5. The lowest BCUT2D eigenvalue weighted by Crippen LogP contribution is -2.18. The summed E-state index contributed by atoms with van der Waals surface area (Å²) in [5, 5.41) is 3.57. The van der Waals surface area contributed by atoms with E-state index in [1.807, 2.05) is 0 Å². The predicted molar refractivity (Wildman–Crippen MR) is 77.4 cm³/mol. The van der Waals surface area contributed by atoms with E-state index >= 15 is 0 Å². The molecule has 0 aliphatic carbocycles. The van der Waals surface area contributed by atoms with Gasteiger partial charge in [-0.3, -0.25) is 0 Å². The van der Waals surface area contributed by atoms with E-state index in [2.05, 4.69) is 19.2 Å². The van der Waals surface area contributed by atoms with Crippen molar-refractivity contribution < 1.29 is 0 Å². The molecule has 1 aliphatic rings. The third-order valence-corrected chi connectivity index (χ3v) is 4.09. The Hall–Kier alpha value is -0.0400. The lowest BCUT2D eigenvalue weighted by molar-refractivity contribution is 0.386. The first-order valence-electron chi connectivity index (χ1n) is 7.99. The van der Waals surface area contributed by atoms with Crippen LogP contribution in [0.1, 0.15) is 78.1 Å². The van der Waals surface area contributed by atoms with E-state index in [-0.39, 0.29) is 0 Å². The normalized spacial score (nSPS) is 23.1. The van der Waals surface area contributed by atoms with Gasteiger partial charge in [-0.2, -0.15) is 0 Å². The van der Waals surface area contributed by atoms with Crippen LogP contribution in [0.2, 0.25) is 0 Å². The minimum absolute atomic E-state index is 0.893. The fourth-order valence-corrected chi connectivity index (χ4v) is 2.89. The summed E-state index contributed by atoms with van der Waals surface area (Å²) in [6.45, 7) is 7.19. The minimum atomic E-state index is 0.893. The van der Waals surface area contributed by atoms with Gasteiger partial charge in [0.25, 0.3) is 0 Å². The van der Waals surface area contributed by atoms with E-state index in [9.17, 15) is 0 Å². The molecule has 0 aromatic carbocycles. The highest BCUT2D eigenvalue weighted by Crippen LogP contribution is 2.22. The van der Waals surface area contributed by atoms with Gasteiger partial charge >= 0.3 is 0 Å². The van der Waals surface area contributed by atoms with Crippen LogP contribution >= 0.6 is 0 Å². The molecule has 1 nitrogen and oxygen atoms in total. The van der Waals surface area contributed by atoms with Crippen LogP contribution in [-0.4, -0.2) is 13.1 Å². The Bertz CT molecular complexity index is 155. The van der Waals surface area contributed by atoms with Crippen molar-refractivity contribution in [1.29, 1.82) is 0 Å². The summed E-state index contributed by atoms with van der Waals surface area (Å²) in [5.74, 6) is 1.91. The van der Waals surface area contributed by atoms with Gasteiger partial charge in [0.15, 0.2) is 0 Å². The van der Waals surface area contributed by atoms with Gasteiger partial charge in [0.2, 0.25) is 0 Å². The average molecular weight is 239 g/mol. The molecule has 0 aromatic rings. The lowest BCUT2D eigenvalue weighted by Gasteiger charge is -2.15. The molecule has 0 radical (unpaired) electrons. The van der Waals surface area contributed by atoms with Crippen molar-refractivity contribution in [2.24, 2.45) is 11.8 Å². The van der Waals surface area contributed by atoms with Gasteiger partial charge in [0, 0.05) is 0 Å². The molecule has 17 heavy (non-hydrogen) atoms. The average Bonchev–Trinajstić information content (AvgIpc) is 2.42. The third-order valence-electron chi connectivity index (χ3n) is 4.09. The molecule has 1 atom stereocenters. The number of nitrogens with one attached hydrogen (secondary N) is 1. The Morgan fingerprint density at radius 3 is 2.65 bits per heavy atom. The zero-order valence-corrected chi connectivity index (χ0v) is 12.1.